The van der Waals surface area contributed by atoms with E-state index in [9.17, 15) is 9.90 Å². The fraction of sp³-hybridized carbons (Fsp3) is 0.364. The van der Waals surface area contributed by atoms with Crippen LogP contribution in [0.25, 0.3) is 10.9 Å². The minimum atomic E-state index is -0.242. The van der Waals surface area contributed by atoms with Crippen molar-refractivity contribution in [2.24, 2.45) is 5.92 Å². The molecule has 3 N–H and O–H groups in total. The van der Waals surface area contributed by atoms with Gasteiger partial charge in [0.1, 0.15) is 0 Å². The molecule has 1 unspecified atom stereocenters. The van der Waals surface area contributed by atoms with Crippen LogP contribution in [-0.4, -0.2) is 33.1 Å². The summed E-state index contributed by atoms with van der Waals surface area (Å²) in [6.45, 7) is 2.01. The van der Waals surface area contributed by atoms with E-state index in [2.05, 4.69) is 21.4 Å². The van der Waals surface area contributed by atoms with Crippen LogP contribution in [0, 0.1) is 12.8 Å². The molecule has 1 aliphatic rings. The molecule has 1 aliphatic carbocycles. The summed E-state index contributed by atoms with van der Waals surface area (Å²) in [5.74, 6) is 0.320. The van der Waals surface area contributed by atoms with Gasteiger partial charge in [-0.3, -0.25) is 9.78 Å². The summed E-state index contributed by atoms with van der Waals surface area (Å²) in [6.07, 6.45) is 4.06. The molecule has 0 aliphatic heterocycles. The van der Waals surface area contributed by atoms with Crippen LogP contribution in [0.1, 0.15) is 29.8 Å². The van der Waals surface area contributed by atoms with E-state index in [0.717, 1.165) is 40.7 Å². The van der Waals surface area contributed by atoms with Gasteiger partial charge in [0, 0.05) is 41.0 Å². The zero-order valence-corrected chi connectivity index (χ0v) is 15.5. The fourth-order valence-corrected chi connectivity index (χ4v) is 4.02. The molecule has 1 aromatic carbocycles. The molecule has 1 fully saturated rings. The number of para-hydroxylation sites is 1. The first-order valence-corrected chi connectivity index (χ1v) is 9.53. The highest BCUT2D eigenvalue weighted by molar-refractivity contribution is 5.90. The second kappa shape index (κ2) is 7.53. The fourth-order valence-electron chi connectivity index (χ4n) is 4.02. The minimum absolute atomic E-state index is 0.00121. The molecule has 0 radical (unpaired) electrons. The Hall–Kier alpha value is -2.66. The van der Waals surface area contributed by atoms with Gasteiger partial charge in [0.15, 0.2) is 0 Å². The first kappa shape index (κ1) is 17.7. The van der Waals surface area contributed by atoms with Gasteiger partial charge in [-0.05, 0) is 49.4 Å². The number of carbonyl (C=O) groups excluding carboxylic acids is 1. The highest BCUT2D eigenvalue weighted by Crippen LogP contribution is 2.32. The zero-order valence-electron chi connectivity index (χ0n) is 15.5. The first-order chi connectivity index (χ1) is 13.1. The predicted molar refractivity (Wildman–Crippen MR) is 105 cm³/mol. The highest BCUT2D eigenvalue weighted by atomic mass is 16.3. The van der Waals surface area contributed by atoms with Crippen molar-refractivity contribution in [2.75, 3.05) is 0 Å². The van der Waals surface area contributed by atoms with Gasteiger partial charge in [0.05, 0.1) is 12.5 Å². The monoisotopic (exact) mass is 363 g/mol. The summed E-state index contributed by atoms with van der Waals surface area (Å²) in [6, 6.07) is 13.9. The standard InChI is InChI=1S/C22H25N3O2/c1-14-19(18-7-2-3-8-20(18)24-14)13-22(27)25-21(15-10-17(26)11-15)12-16-6-4-5-9-23-16/h2-9,15,17,21,24,26H,10-13H2,1H3,(H,25,27). The van der Waals surface area contributed by atoms with Crippen molar-refractivity contribution < 1.29 is 9.90 Å². The van der Waals surface area contributed by atoms with Crippen molar-refractivity contribution in [2.45, 2.75) is 44.8 Å². The number of fused-ring (bicyclic) bond motifs is 1. The minimum Gasteiger partial charge on any atom is -0.393 e. The second-order valence-corrected chi connectivity index (χ2v) is 7.54. The summed E-state index contributed by atoms with van der Waals surface area (Å²) in [4.78, 5) is 20.6. The van der Waals surface area contributed by atoms with Gasteiger partial charge in [-0.1, -0.05) is 24.3 Å². The SMILES string of the molecule is Cc1[nH]c2ccccc2c1CC(=O)NC(Cc1ccccn1)C1CC(O)C1. The van der Waals surface area contributed by atoms with E-state index >= 15 is 0 Å². The van der Waals surface area contributed by atoms with Gasteiger partial charge in [-0.15, -0.1) is 0 Å². The molecule has 5 heteroatoms. The van der Waals surface area contributed by atoms with Gasteiger partial charge < -0.3 is 15.4 Å². The van der Waals surface area contributed by atoms with E-state index in [-0.39, 0.29) is 18.1 Å². The lowest BCUT2D eigenvalue weighted by Crippen LogP contribution is -2.48. The van der Waals surface area contributed by atoms with E-state index in [1.807, 2.05) is 43.3 Å². The number of aliphatic hydroxyl groups excluding tert-OH is 1. The Bertz CT molecular complexity index is 929. The van der Waals surface area contributed by atoms with Crippen LogP contribution >= 0.6 is 0 Å². The van der Waals surface area contributed by atoms with E-state index < -0.39 is 0 Å². The molecule has 3 aromatic rings. The summed E-state index contributed by atoms with van der Waals surface area (Å²) >= 11 is 0. The normalized spacial score (nSPS) is 20.2. The first-order valence-electron chi connectivity index (χ1n) is 9.53. The summed E-state index contributed by atoms with van der Waals surface area (Å²) in [7, 11) is 0. The number of aryl methyl sites for hydroxylation is 1. The van der Waals surface area contributed by atoms with Crippen LogP contribution < -0.4 is 5.32 Å². The van der Waals surface area contributed by atoms with Crippen molar-refractivity contribution in [3.8, 4) is 0 Å². The molecule has 4 rings (SSSR count). The van der Waals surface area contributed by atoms with Crippen molar-refractivity contribution in [1.29, 1.82) is 0 Å². The number of aliphatic hydroxyl groups is 1. The Balaban J connectivity index is 1.48. The molecule has 1 amide bonds. The number of hydrogen-bond donors (Lipinski definition) is 3. The molecule has 2 aromatic heterocycles. The maximum atomic E-state index is 12.8. The lowest BCUT2D eigenvalue weighted by molar-refractivity contribution is -0.122. The van der Waals surface area contributed by atoms with E-state index in [4.69, 9.17) is 0 Å². The average Bonchev–Trinajstić information content (AvgIpc) is 2.95. The summed E-state index contributed by atoms with van der Waals surface area (Å²) in [5, 5.41) is 14.0. The maximum absolute atomic E-state index is 12.8. The molecular weight excluding hydrogens is 338 g/mol. The van der Waals surface area contributed by atoms with Gasteiger partial charge in [0.2, 0.25) is 5.91 Å². The quantitative estimate of drug-likeness (QED) is 0.630. The summed E-state index contributed by atoms with van der Waals surface area (Å²) < 4.78 is 0. The molecule has 140 valence electrons. The van der Waals surface area contributed by atoms with Crippen molar-refractivity contribution in [3.63, 3.8) is 0 Å². The third-order valence-corrected chi connectivity index (χ3v) is 5.58. The third kappa shape index (κ3) is 3.88. The van der Waals surface area contributed by atoms with Crippen molar-refractivity contribution in [1.82, 2.24) is 15.3 Å². The highest BCUT2D eigenvalue weighted by Gasteiger charge is 2.35. The van der Waals surface area contributed by atoms with Gasteiger partial charge in [-0.25, -0.2) is 0 Å². The van der Waals surface area contributed by atoms with E-state index in [1.54, 1.807) is 6.20 Å². The molecule has 0 spiro atoms. The lowest BCUT2D eigenvalue weighted by Gasteiger charge is -2.38. The number of amides is 1. The smallest absolute Gasteiger partial charge is 0.224 e. The molecule has 1 saturated carbocycles. The van der Waals surface area contributed by atoms with Crippen LogP contribution in [0.15, 0.2) is 48.7 Å². The number of nitrogens with zero attached hydrogens (tertiary/aromatic N) is 1. The average molecular weight is 363 g/mol. The third-order valence-electron chi connectivity index (χ3n) is 5.58. The number of aromatic nitrogens is 2. The largest absolute Gasteiger partial charge is 0.393 e. The lowest BCUT2D eigenvalue weighted by atomic mass is 9.76. The van der Waals surface area contributed by atoms with Crippen molar-refractivity contribution in [3.05, 3.63) is 65.6 Å². The van der Waals surface area contributed by atoms with Gasteiger partial charge >= 0.3 is 0 Å². The number of rotatable bonds is 6. The molecule has 0 saturated heterocycles. The molecule has 2 heterocycles. The van der Waals surface area contributed by atoms with Crippen LogP contribution in [0.4, 0.5) is 0 Å². The van der Waals surface area contributed by atoms with Crippen LogP contribution in [-0.2, 0) is 17.6 Å². The van der Waals surface area contributed by atoms with Crippen LogP contribution in [0.5, 0.6) is 0 Å². The van der Waals surface area contributed by atoms with E-state index in [1.165, 1.54) is 0 Å². The zero-order chi connectivity index (χ0) is 18.8. The van der Waals surface area contributed by atoms with Crippen LogP contribution in [0.3, 0.4) is 0 Å². The summed E-state index contributed by atoms with van der Waals surface area (Å²) in [5.41, 5.74) is 4.11. The molecule has 5 nitrogen and oxygen atoms in total. The number of carbonyl (C=O) groups is 1. The Labute approximate surface area is 158 Å². The van der Waals surface area contributed by atoms with Gasteiger partial charge in [0.25, 0.3) is 0 Å². The molecule has 0 bridgehead atoms. The number of H-pyrrole nitrogens is 1. The Morgan fingerprint density at radius 3 is 2.78 bits per heavy atom. The predicted octanol–water partition coefficient (Wildman–Crippen LogP) is 2.91. The Kier molecular flexibility index (Phi) is 4.94. The molecular formula is C22H25N3O2. The number of nitrogens with one attached hydrogen (secondary N) is 2. The Morgan fingerprint density at radius 2 is 2.04 bits per heavy atom. The topological polar surface area (TPSA) is 78.0 Å². The van der Waals surface area contributed by atoms with E-state index in [0.29, 0.717) is 18.8 Å². The number of benzene rings is 1. The van der Waals surface area contributed by atoms with Crippen molar-refractivity contribution >= 4 is 16.8 Å². The molecule has 1 atom stereocenters. The Morgan fingerprint density at radius 1 is 1.26 bits per heavy atom. The second-order valence-electron chi connectivity index (χ2n) is 7.54. The van der Waals surface area contributed by atoms with Gasteiger partial charge in [-0.2, -0.15) is 0 Å². The number of pyridine rings is 1. The number of hydrogen-bond acceptors (Lipinski definition) is 3. The number of aromatic amines is 1. The van der Waals surface area contributed by atoms with Crippen LogP contribution in [0.2, 0.25) is 0 Å². The maximum Gasteiger partial charge on any atom is 0.224 e. The molecule has 27 heavy (non-hydrogen) atoms.